The fraction of sp³-hybridized carbons (Fsp3) is 0.750. The van der Waals surface area contributed by atoms with Gasteiger partial charge in [-0.05, 0) is 13.8 Å². The van der Waals surface area contributed by atoms with Crippen LogP contribution in [0.1, 0.15) is 25.1 Å². The first-order valence-electron chi connectivity index (χ1n) is 10.2. The average molecular weight is 547 g/mol. The van der Waals surface area contributed by atoms with Crippen LogP contribution in [0.3, 0.4) is 0 Å². The number of nitrogens with zero attached hydrogens (tertiary/aromatic N) is 1. The van der Waals surface area contributed by atoms with Crippen LogP contribution in [0.15, 0.2) is 15.8 Å². The van der Waals surface area contributed by atoms with Crippen LogP contribution in [0.4, 0.5) is 0 Å². The van der Waals surface area contributed by atoms with Gasteiger partial charge in [0, 0.05) is 18.2 Å². The van der Waals surface area contributed by atoms with E-state index >= 15 is 0 Å². The number of aliphatic hydroxyl groups is 3. The zero-order chi connectivity index (χ0) is 26.3. The standard InChI is InChI=1S/C16H27N3O14P2/c1-6-4-19(16(24)18-14(6)23)10-3-8(20)9(31-10)5-29-34(25,26)33-35(27,28)32-15-13(22)11(17)12(21)7(2)30-15/h4,7-13,15,20-22H,3,5,17H2,1-2H3,(H,25,26)(H,27,28)(H,18,23,24)/t7-,8+,9-,10-,11-,12-,13-,15-/m1/s1. The van der Waals surface area contributed by atoms with Crippen LogP contribution >= 0.6 is 15.6 Å². The van der Waals surface area contributed by atoms with Gasteiger partial charge >= 0.3 is 21.3 Å². The molecule has 3 rings (SSSR count). The van der Waals surface area contributed by atoms with Gasteiger partial charge in [-0.3, -0.25) is 23.4 Å². The van der Waals surface area contributed by atoms with Crippen LogP contribution in [0.5, 0.6) is 0 Å². The van der Waals surface area contributed by atoms with E-state index in [-0.39, 0.29) is 12.0 Å². The Kier molecular flexibility index (Phi) is 8.56. The third-order valence-corrected chi connectivity index (χ3v) is 8.00. The van der Waals surface area contributed by atoms with E-state index in [9.17, 15) is 43.8 Å². The predicted molar refractivity (Wildman–Crippen MR) is 113 cm³/mol. The lowest BCUT2D eigenvalue weighted by molar-refractivity contribution is -0.240. The first-order valence-corrected chi connectivity index (χ1v) is 13.2. The molecule has 2 aliphatic rings. The van der Waals surface area contributed by atoms with Crippen LogP contribution in [-0.2, 0) is 32.0 Å². The number of ether oxygens (including phenoxy) is 2. The van der Waals surface area contributed by atoms with E-state index in [1.165, 1.54) is 20.0 Å². The van der Waals surface area contributed by atoms with Crippen molar-refractivity contribution in [3.05, 3.63) is 32.6 Å². The summed E-state index contributed by atoms with van der Waals surface area (Å²) in [6, 6.07) is -1.31. The minimum Gasteiger partial charge on any atom is -0.390 e. The molecule has 0 radical (unpaired) electrons. The van der Waals surface area contributed by atoms with Gasteiger partial charge in [-0.2, -0.15) is 4.31 Å². The second-order valence-corrected chi connectivity index (χ2v) is 11.1. The Morgan fingerprint density at radius 3 is 2.49 bits per heavy atom. The smallest absolute Gasteiger partial charge is 0.390 e. The van der Waals surface area contributed by atoms with Gasteiger partial charge in [-0.15, -0.1) is 0 Å². The molecule has 2 unspecified atom stereocenters. The SMILES string of the molecule is Cc1cn([C@H]2C[C@H](O)[C@@H](COP(=O)(O)OP(=O)(O)O[C@H]3O[C@H](C)[C@@H](O)[C@@H](N)[C@H]3O)O2)c(=O)[nH]c1=O. The molecule has 0 saturated carbocycles. The largest absolute Gasteiger partial charge is 0.483 e. The summed E-state index contributed by atoms with van der Waals surface area (Å²) in [6.45, 7) is 1.99. The molecule has 2 fully saturated rings. The lowest BCUT2D eigenvalue weighted by Crippen LogP contribution is -2.60. The highest BCUT2D eigenvalue weighted by Crippen LogP contribution is 2.61. The fourth-order valence-electron chi connectivity index (χ4n) is 3.46. The molecule has 1 aromatic rings. The highest BCUT2D eigenvalue weighted by Gasteiger charge is 2.47. The monoisotopic (exact) mass is 547 g/mol. The van der Waals surface area contributed by atoms with Gasteiger partial charge in [-0.25, -0.2) is 13.9 Å². The number of phosphoric acid groups is 2. The Morgan fingerprint density at radius 1 is 1.17 bits per heavy atom. The Labute approximate surface area is 197 Å². The van der Waals surface area contributed by atoms with Crippen molar-refractivity contribution in [1.29, 1.82) is 0 Å². The van der Waals surface area contributed by atoms with Crippen molar-refractivity contribution in [3.8, 4) is 0 Å². The quantitative estimate of drug-likeness (QED) is 0.166. The van der Waals surface area contributed by atoms with Crippen molar-refractivity contribution >= 4 is 15.6 Å². The minimum atomic E-state index is -5.39. The average Bonchev–Trinajstić information content (AvgIpc) is 3.11. The zero-order valence-electron chi connectivity index (χ0n) is 18.4. The highest BCUT2D eigenvalue weighted by atomic mass is 31.3. The van der Waals surface area contributed by atoms with Gasteiger partial charge in [-0.1, -0.05) is 0 Å². The van der Waals surface area contributed by atoms with Crippen molar-refractivity contribution < 1.29 is 57.1 Å². The second kappa shape index (κ2) is 10.6. The number of hydrogen-bond donors (Lipinski definition) is 7. The molecule has 17 nitrogen and oxygen atoms in total. The molecular formula is C16H27N3O14P2. The molecule has 200 valence electrons. The third kappa shape index (κ3) is 6.72. The number of rotatable bonds is 8. The number of H-pyrrole nitrogens is 1. The number of aliphatic hydroxyl groups excluding tert-OH is 3. The lowest BCUT2D eigenvalue weighted by Gasteiger charge is -2.39. The maximum atomic E-state index is 12.2. The number of aromatic nitrogens is 2. The molecule has 0 aromatic carbocycles. The van der Waals surface area contributed by atoms with Gasteiger partial charge in [0.15, 0.2) is 6.29 Å². The van der Waals surface area contributed by atoms with E-state index in [2.05, 4.69) is 18.3 Å². The fourth-order valence-corrected chi connectivity index (χ4v) is 5.62. The summed E-state index contributed by atoms with van der Waals surface area (Å²) in [7, 11) is -10.7. The van der Waals surface area contributed by atoms with Crippen LogP contribution in [0, 0.1) is 6.92 Å². The van der Waals surface area contributed by atoms with E-state index in [0.29, 0.717) is 0 Å². The lowest BCUT2D eigenvalue weighted by atomic mass is 9.98. The van der Waals surface area contributed by atoms with Crippen molar-refractivity contribution in [2.24, 2.45) is 5.73 Å². The van der Waals surface area contributed by atoms with Crippen molar-refractivity contribution in [2.75, 3.05) is 6.61 Å². The van der Waals surface area contributed by atoms with Gasteiger partial charge < -0.3 is 40.3 Å². The van der Waals surface area contributed by atoms with Crippen molar-refractivity contribution in [1.82, 2.24) is 9.55 Å². The van der Waals surface area contributed by atoms with Gasteiger partial charge in [0.1, 0.15) is 18.4 Å². The molecule has 8 N–H and O–H groups in total. The highest BCUT2D eigenvalue weighted by molar-refractivity contribution is 7.61. The molecule has 1 aromatic heterocycles. The number of nitrogens with one attached hydrogen (secondary N) is 1. The van der Waals surface area contributed by atoms with Gasteiger partial charge in [0.2, 0.25) is 0 Å². The second-order valence-electron chi connectivity index (χ2n) is 8.10. The summed E-state index contributed by atoms with van der Waals surface area (Å²) in [5.41, 5.74) is 4.38. The van der Waals surface area contributed by atoms with E-state index in [4.69, 9.17) is 15.2 Å². The Hall–Kier alpha value is -1.30. The molecule has 19 heteroatoms. The molecule has 0 aliphatic carbocycles. The number of hydrogen-bond acceptors (Lipinski definition) is 13. The topological polar surface area (TPSA) is 262 Å². The maximum Gasteiger partial charge on any atom is 0.483 e. The van der Waals surface area contributed by atoms with E-state index in [0.717, 1.165) is 4.57 Å². The van der Waals surface area contributed by atoms with Gasteiger partial charge in [0.05, 0.1) is 31.0 Å². The first-order chi connectivity index (χ1) is 16.1. The van der Waals surface area contributed by atoms with Crippen molar-refractivity contribution in [2.45, 2.75) is 69.3 Å². The van der Waals surface area contributed by atoms with Crippen LogP contribution in [-0.4, -0.2) is 84.1 Å². The Morgan fingerprint density at radius 2 is 1.83 bits per heavy atom. The molecule has 2 aliphatic heterocycles. The first kappa shape index (κ1) is 28.3. The summed E-state index contributed by atoms with van der Waals surface area (Å²) < 4.78 is 49.3. The predicted octanol–water partition coefficient (Wildman–Crippen LogP) is -2.46. The number of nitrogens with two attached hydrogens (primary N) is 1. The van der Waals surface area contributed by atoms with Gasteiger partial charge in [0.25, 0.3) is 5.56 Å². The maximum absolute atomic E-state index is 12.2. The summed E-state index contributed by atoms with van der Waals surface area (Å²) >= 11 is 0. The van der Waals surface area contributed by atoms with E-state index in [1.54, 1.807) is 0 Å². The molecule has 0 amide bonds. The number of phosphoric ester groups is 2. The van der Waals surface area contributed by atoms with Crippen LogP contribution < -0.4 is 17.0 Å². The summed E-state index contributed by atoms with van der Waals surface area (Å²) in [6.07, 6.45) is -8.48. The van der Waals surface area contributed by atoms with E-state index in [1.807, 2.05) is 0 Å². The Bertz CT molecular complexity index is 1130. The summed E-state index contributed by atoms with van der Waals surface area (Å²) in [5.74, 6) is 0. The zero-order valence-corrected chi connectivity index (χ0v) is 20.2. The number of aryl methyl sites for hydroxylation is 1. The Balaban J connectivity index is 1.59. The molecule has 2 saturated heterocycles. The number of aromatic amines is 1. The van der Waals surface area contributed by atoms with Crippen LogP contribution in [0.2, 0.25) is 0 Å². The van der Waals surface area contributed by atoms with Crippen LogP contribution in [0.25, 0.3) is 0 Å². The van der Waals surface area contributed by atoms with Crippen molar-refractivity contribution in [3.63, 3.8) is 0 Å². The molecule has 0 bridgehead atoms. The molecule has 0 spiro atoms. The molecular weight excluding hydrogens is 520 g/mol. The third-order valence-electron chi connectivity index (χ3n) is 5.40. The molecule has 35 heavy (non-hydrogen) atoms. The summed E-state index contributed by atoms with van der Waals surface area (Å²) in [5, 5.41) is 29.9. The normalized spacial score (nSPS) is 37.0. The van der Waals surface area contributed by atoms with E-state index < -0.39 is 82.6 Å². The molecule has 10 atom stereocenters. The molecule has 3 heterocycles. The minimum absolute atomic E-state index is 0.140. The summed E-state index contributed by atoms with van der Waals surface area (Å²) in [4.78, 5) is 45.2.